The molecule has 2 aromatic rings. The van der Waals surface area contributed by atoms with E-state index in [9.17, 15) is 4.39 Å². The van der Waals surface area contributed by atoms with E-state index in [0.717, 1.165) is 0 Å². The zero-order valence-electron chi connectivity index (χ0n) is 11.9. The van der Waals surface area contributed by atoms with Crippen molar-refractivity contribution in [2.75, 3.05) is 7.05 Å². The maximum Gasteiger partial charge on any atom is 0.170 e. The van der Waals surface area contributed by atoms with Gasteiger partial charge in [0.1, 0.15) is 17.0 Å². The average molecular weight is 288 g/mol. The van der Waals surface area contributed by atoms with Gasteiger partial charge in [-0.1, -0.05) is 18.2 Å². The second-order valence-corrected chi connectivity index (χ2v) is 4.51. The normalized spacial score (nSPS) is 12.7. The number of nitrogens with two attached hydrogens (primary N) is 2. The first kappa shape index (κ1) is 14.7. The van der Waals surface area contributed by atoms with Gasteiger partial charge in [-0.3, -0.25) is 4.99 Å². The van der Waals surface area contributed by atoms with Gasteiger partial charge in [-0.05, 0) is 11.6 Å². The van der Waals surface area contributed by atoms with E-state index < -0.39 is 0 Å². The Bertz CT molecular complexity index is 747. The first-order chi connectivity index (χ1) is 10.1. The molecule has 110 valence electrons. The summed E-state index contributed by atoms with van der Waals surface area (Å²) in [5.74, 6) is 5.01. The van der Waals surface area contributed by atoms with Crippen molar-refractivity contribution in [1.82, 2.24) is 9.55 Å². The molecule has 0 aliphatic carbocycles. The number of aryl methyl sites for hydroxylation is 1. The summed E-state index contributed by atoms with van der Waals surface area (Å²) in [6, 6.07) is 6.55. The summed E-state index contributed by atoms with van der Waals surface area (Å²) >= 11 is 0. The first-order valence-electron chi connectivity index (χ1n) is 6.33. The fourth-order valence-electron chi connectivity index (χ4n) is 2.09. The van der Waals surface area contributed by atoms with Crippen LogP contribution >= 0.6 is 0 Å². The Labute approximate surface area is 121 Å². The van der Waals surface area contributed by atoms with Gasteiger partial charge in [0.05, 0.1) is 5.69 Å². The van der Waals surface area contributed by atoms with Gasteiger partial charge >= 0.3 is 0 Å². The Balaban J connectivity index is 2.57. The lowest BCUT2D eigenvalue weighted by Crippen LogP contribution is -2.29. The third-order valence-electron chi connectivity index (χ3n) is 3.09. The summed E-state index contributed by atoms with van der Waals surface area (Å²) in [5, 5.41) is 3.43. The van der Waals surface area contributed by atoms with E-state index in [1.54, 1.807) is 36.0 Å². The lowest BCUT2D eigenvalue weighted by Gasteiger charge is -2.10. The van der Waals surface area contributed by atoms with Crippen molar-refractivity contribution in [3.05, 3.63) is 58.7 Å². The van der Waals surface area contributed by atoms with E-state index in [0.29, 0.717) is 28.9 Å². The van der Waals surface area contributed by atoms with E-state index >= 15 is 0 Å². The molecular formula is C14H17FN6. The van der Waals surface area contributed by atoms with Crippen molar-refractivity contribution in [3.8, 4) is 0 Å². The zero-order chi connectivity index (χ0) is 15.4. The van der Waals surface area contributed by atoms with Crippen LogP contribution in [0.1, 0.15) is 17.0 Å². The molecule has 4 N–H and O–H groups in total. The third kappa shape index (κ3) is 3.07. The molecule has 0 unspecified atom stereocenters. The molecular weight excluding hydrogens is 271 g/mol. The quantitative estimate of drug-likeness (QED) is 0.367. The van der Waals surface area contributed by atoms with Crippen molar-refractivity contribution >= 4 is 5.84 Å². The van der Waals surface area contributed by atoms with Crippen LogP contribution in [0.5, 0.6) is 0 Å². The van der Waals surface area contributed by atoms with Crippen LogP contribution in [0.2, 0.25) is 0 Å². The highest BCUT2D eigenvalue weighted by atomic mass is 19.1. The van der Waals surface area contributed by atoms with Gasteiger partial charge < -0.3 is 16.1 Å². The number of nitrogens with zero attached hydrogens (tertiary/aromatic N) is 4. The van der Waals surface area contributed by atoms with Gasteiger partial charge in [-0.15, -0.1) is 0 Å². The monoisotopic (exact) mass is 288 g/mol. The smallest absolute Gasteiger partial charge is 0.170 e. The molecule has 0 aliphatic heterocycles. The molecule has 21 heavy (non-hydrogen) atoms. The predicted molar refractivity (Wildman–Crippen MR) is 78.8 cm³/mol. The van der Waals surface area contributed by atoms with Crippen molar-refractivity contribution in [2.45, 2.75) is 6.42 Å². The van der Waals surface area contributed by atoms with Crippen molar-refractivity contribution < 1.29 is 4.39 Å². The van der Waals surface area contributed by atoms with Crippen molar-refractivity contribution in [1.29, 1.82) is 0 Å². The molecule has 6 nitrogen and oxygen atoms in total. The van der Waals surface area contributed by atoms with E-state index in [-0.39, 0.29) is 11.7 Å². The summed E-state index contributed by atoms with van der Waals surface area (Å²) in [7, 11) is 3.46. The molecule has 1 aromatic carbocycles. The van der Waals surface area contributed by atoms with Crippen LogP contribution in [0.3, 0.4) is 0 Å². The minimum atomic E-state index is -0.283. The van der Waals surface area contributed by atoms with Gasteiger partial charge in [0, 0.05) is 26.7 Å². The number of hydrazone groups is 1. The molecule has 0 radical (unpaired) electrons. The Morgan fingerprint density at radius 2 is 2.10 bits per heavy atom. The number of hydrogen-bond donors (Lipinski definition) is 2. The first-order valence-corrected chi connectivity index (χ1v) is 6.33. The number of hydrogen-bond acceptors (Lipinski definition) is 4. The molecule has 0 saturated carbocycles. The molecule has 1 heterocycles. The summed E-state index contributed by atoms with van der Waals surface area (Å²) in [4.78, 5) is 8.58. The number of amidine groups is 1. The molecule has 0 saturated heterocycles. The minimum Gasteiger partial charge on any atom is -0.380 e. The average Bonchev–Trinajstić information content (AvgIpc) is 2.48. The second-order valence-electron chi connectivity index (χ2n) is 4.51. The number of benzene rings is 1. The molecule has 0 aliphatic rings. The number of aromatic nitrogens is 2. The summed E-state index contributed by atoms with van der Waals surface area (Å²) < 4.78 is 15.6. The zero-order valence-corrected chi connectivity index (χ0v) is 11.9. The van der Waals surface area contributed by atoms with Crippen LogP contribution in [0, 0.1) is 5.82 Å². The molecule has 0 fully saturated rings. The standard InChI is InChI=1S/C14H17FN6/c1-18-14-11(7-9-5-3-4-6-10(9)15)19-12(8-21(14)2)13(16)20-17/h3-6,8H,7,17H2,1-2H3,(H2,16,20). The second kappa shape index (κ2) is 6.17. The lowest BCUT2D eigenvalue weighted by atomic mass is 10.1. The van der Waals surface area contributed by atoms with Crippen molar-refractivity contribution in [3.63, 3.8) is 0 Å². The van der Waals surface area contributed by atoms with Crippen molar-refractivity contribution in [2.24, 2.45) is 28.7 Å². The molecule has 0 atom stereocenters. The molecule has 1 aromatic heterocycles. The molecule has 0 amide bonds. The Morgan fingerprint density at radius 1 is 1.38 bits per heavy atom. The highest BCUT2D eigenvalue weighted by molar-refractivity contribution is 5.95. The number of halogens is 1. The van der Waals surface area contributed by atoms with Gasteiger partial charge in [0.2, 0.25) is 0 Å². The van der Waals surface area contributed by atoms with Gasteiger partial charge in [0.25, 0.3) is 0 Å². The molecule has 0 bridgehead atoms. The largest absolute Gasteiger partial charge is 0.380 e. The minimum absolute atomic E-state index is 0.114. The fourth-order valence-corrected chi connectivity index (χ4v) is 2.09. The van der Waals surface area contributed by atoms with Crippen LogP contribution in [0.25, 0.3) is 0 Å². The van der Waals surface area contributed by atoms with Gasteiger partial charge in [-0.25, -0.2) is 9.37 Å². The third-order valence-corrected chi connectivity index (χ3v) is 3.09. The highest BCUT2D eigenvalue weighted by Crippen LogP contribution is 2.10. The predicted octanol–water partition coefficient (Wildman–Crippen LogP) is 0.260. The molecule has 0 spiro atoms. The maximum atomic E-state index is 13.8. The van der Waals surface area contributed by atoms with Crippen LogP contribution in [-0.4, -0.2) is 22.4 Å². The van der Waals surface area contributed by atoms with E-state index in [2.05, 4.69) is 15.1 Å². The Morgan fingerprint density at radius 3 is 2.71 bits per heavy atom. The van der Waals surface area contributed by atoms with Crippen LogP contribution < -0.4 is 17.1 Å². The Hall–Kier alpha value is -2.70. The summed E-state index contributed by atoms with van der Waals surface area (Å²) in [5.41, 5.74) is 7.91. The van der Waals surface area contributed by atoms with E-state index in [4.69, 9.17) is 11.6 Å². The fraction of sp³-hybridized carbons (Fsp3) is 0.214. The summed E-state index contributed by atoms with van der Waals surface area (Å²) in [6.07, 6.45) is 1.98. The van der Waals surface area contributed by atoms with Crippen LogP contribution in [0.4, 0.5) is 4.39 Å². The summed E-state index contributed by atoms with van der Waals surface area (Å²) in [6.45, 7) is 0. The number of rotatable bonds is 3. The SMILES string of the molecule is CN=c1c(Cc2ccccc2F)nc(/C(N)=N/N)cn1C. The lowest BCUT2D eigenvalue weighted by molar-refractivity contribution is 0.611. The topological polar surface area (TPSA) is 94.6 Å². The molecule has 7 heteroatoms. The molecule has 2 rings (SSSR count). The van der Waals surface area contributed by atoms with E-state index in [1.165, 1.54) is 6.07 Å². The van der Waals surface area contributed by atoms with Crippen LogP contribution in [-0.2, 0) is 13.5 Å². The van der Waals surface area contributed by atoms with Crippen LogP contribution in [0.15, 0.2) is 40.6 Å². The maximum absolute atomic E-state index is 13.8. The van der Waals surface area contributed by atoms with E-state index in [1.807, 2.05) is 7.05 Å². The van der Waals surface area contributed by atoms with Gasteiger partial charge in [-0.2, -0.15) is 5.10 Å². The van der Waals surface area contributed by atoms with Gasteiger partial charge in [0.15, 0.2) is 5.84 Å². The highest BCUT2D eigenvalue weighted by Gasteiger charge is 2.10. The Kier molecular flexibility index (Phi) is 4.32.